The van der Waals surface area contributed by atoms with Gasteiger partial charge in [-0.3, -0.25) is 4.79 Å². The zero-order valence-electron chi connectivity index (χ0n) is 12.2. The first-order valence-electron chi connectivity index (χ1n) is 7.47. The van der Waals surface area contributed by atoms with E-state index >= 15 is 0 Å². The van der Waals surface area contributed by atoms with Crippen LogP contribution in [0, 0.1) is 0 Å². The van der Waals surface area contributed by atoms with Crippen molar-refractivity contribution in [2.24, 2.45) is 0 Å². The lowest BCUT2D eigenvalue weighted by molar-refractivity contribution is -0.126. The molecule has 3 rings (SSSR count). The standard InChI is InChI=1S/C18H18ClNOS/c19-17-4-2-1-3-15(17)5-6-18(21)20-10-7-14(8-11-20)16-9-12-22-13-16/h1-6,9,12-14H,7-8,10-11H2. The second-order valence-electron chi connectivity index (χ2n) is 5.51. The Labute approximate surface area is 140 Å². The molecule has 1 aromatic carbocycles. The Kier molecular flexibility index (Phi) is 4.96. The van der Waals surface area contributed by atoms with Crippen molar-refractivity contribution in [1.29, 1.82) is 0 Å². The van der Waals surface area contributed by atoms with E-state index in [2.05, 4.69) is 16.8 Å². The average molecular weight is 332 g/mol. The van der Waals surface area contributed by atoms with Gasteiger partial charge in [-0.2, -0.15) is 11.3 Å². The summed E-state index contributed by atoms with van der Waals surface area (Å²) in [5.74, 6) is 0.673. The summed E-state index contributed by atoms with van der Waals surface area (Å²) in [5.41, 5.74) is 2.30. The maximum Gasteiger partial charge on any atom is 0.246 e. The molecule has 0 atom stereocenters. The predicted octanol–water partition coefficient (Wildman–Crippen LogP) is 4.82. The van der Waals surface area contributed by atoms with Gasteiger partial charge in [0.25, 0.3) is 0 Å². The summed E-state index contributed by atoms with van der Waals surface area (Å²) in [4.78, 5) is 14.2. The van der Waals surface area contributed by atoms with Crippen molar-refractivity contribution in [3.05, 3.63) is 63.3 Å². The molecule has 0 unspecified atom stereocenters. The third-order valence-electron chi connectivity index (χ3n) is 4.13. The van der Waals surface area contributed by atoms with Gasteiger partial charge in [0.1, 0.15) is 0 Å². The average Bonchev–Trinajstić information content (AvgIpc) is 3.08. The van der Waals surface area contributed by atoms with Gasteiger partial charge in [-0.15, -0.1) is 0 Å². The van der Waals surface area contributed by atoms with Crippen LogP contribution in [0.25, 0.3) is 6.08 Å². The number of benzene rings is 1. The summed E-state index contributed by atoms with van der Waals surface area (Å²) < 4.78 is 0. The molecule has 0 bridgehead atoms. The third kappa shape index (κ3) is 3.60. The Morgan fingerprint density at radius 3 is 2.68 bits per heavy atom. The van der Waals surface area contributed by atoms with Crippen LogP contribution in [0.3, 0.4) is 0 Å². The molecule has 2 aromatic rings. The lowest BCUT2D eigenvalue weighted by Gasteiger charge is -2.31. The Morgan fingerprint density at radius 2 is 2.00 bits per heavy atom. The maximum atomic E-state index is 12.3. The van der Waals surface area contributed by atoms with Gasteiger partial charge in [-0.1, -0.05) is 29.8 Å². The molecule has 2 nitrogen and oxygen atoms in total. The molecule has 1 aliphatic rings. The number of carbonyl (C=O) groups is 1. The Balaban J connectivity index is 1.57. The topological polar surface area (TPSA) is 20.3 Å². The number of piperidine rings is 1. The highest BCUT2D eigenvalue weighted by molar-refractivity contribution is 7.07. The van der Waals surface area contributed by atoms with Crippen LogP contribution in [0.2, 0.25) is 5.02 Å². The van der Waals surface area contributed by atoms with E-state index in [1.807, 2.05) is 29.2 Å². The van der Waals surface area contributed by atoms with Crippen LogP contribution in [-0.2, 0) is 4.79 Å². The van der Waals surface area contributed by atoms with Crippen LogP contribution in [0.4, 0.5) is 0 Å². The van der Waals surface area contributed by atoms with Crippen molar-refractivity contribution < 1.29 is 4.79 Å². The molecule has 0 saturated carbocycles. The predicted molar refractivity (Wildman–Crippen MR) is 93.4 cm³/mol. The SMILES string of the molecule is O=C(C=Cc1ccccc1Cl)N1CCC(c2ccsc2)CC1. The number of amides is 1. The lowest BCUT2D eigenvalue weighted by Crippen LogP contribution is -2.36. The van der Waals surface area contributed by atoms with Crippen molar-refractivity contribution >= 4 is 34.9 Å². The lowest BCUT2D eigenvalue weighted by atomic mass is 9.91. The van der Waals surface area contributed by atoms with Crippen LogP contribution in [0.15, 0.2) is 47.2 Å². The fourth-order valence-electron chi connectivity index (χ4n) is 2.82. The molecule has 4 heteroatoms. The number of nitrogens with zero attached hydrogens (tertiary/aromatic N) is 1. The molecule has 0 spiro atoms. The third-order valence-corrected chi connectivity index (χ3v) is 5.18. The van der Waals surface area contributed by atoms with E-state index in [1.54, 1.807) is 23.5 Å². The van der Waals surface area contributed by atoms with Gasteiger partial charge in [0, 0.05) is 24.2 Å². The van der Waals surface area contributed by atoms with Crippen molar-refractivity contribution in [1.82, 2.24) is 4.90 Å². The Morgan fingerprint density at radius 1 is 1.23 bits per heavy atom. The zero-order valence-corrected chi connectivity index (χ0v) is 13.8. The van der Waals surface area contributed by atoms with E-state index < -0.39 is 0 Å². The molecule has 114 valence electrons. The quantitative estimate of drug-likeness (QED) is 0.738. The Hall–Kier alpha value is -1.58. The minimum Gasteiger partial charge on any atom is -0.339 e. The number of hydrogen-bond donors (Lipinski definition) is 0. The molecule has 1 saturated heterocycles. The van der Waals surface area contributed by atoms with E-state index in [-0.39, 0.29) is 5.91 Å². The first-order valence-corrected chi connectivity index (χ1v) is 8.80. The van der Waals surface area contributed by atoms with Crippen LogP contribution in [0.1, 0.15) is 29.9 Å². The largest absolute Gasteiger partial charge is 0.339 e. The van der Waals surface area contributed by atoms with Crippen LogP contribution in [-0.4, -0.2) is 23.9 Å². The fourth-order valence-corrected chi connectivity index (χ4v) is 3.76. The van der Waals surface area contributed by atoms with Gasteiger partial charge >= 0.3 is 0 Å². The molecule has 2 heterocycles. The number of likely N-dealkylation sites (tertiary alicyclic amines) is 1. The molecule has 1 amide bonds. The molecule has 0 radical (unpaired) electrons. The molecule has 1 aromatic heterocycles. The van der Waals surface area contributed by atoms with Gasteiger partial charge in [-0.25, -0.2) is 0 Å². The summed E-state index contributed by atoms with van der Waals surface area (Å²) in [6.45, 7) is 1.65. The van der Waals surface area contributed by atoms with Gasteiger partial charge in [0.05, 0.1) is 0 Å². The zero-order chi connectivity index (χ0) is 15.4. The van der Waals surface area contributed by atoms with E-state index in [4.69, 9.17) is 11.6 Å². The van der Waals surface area contributed by atoms with E-state index in [9.17, 15) is 4.79 Å². The highest BCUT2D eigenvalue weighted by atomic mass is 35.5. The van der Waals surface area contributed by atoms with Crippen molar-refractivity contribution in [3.8, 4) is 0 Å². The molecule has 0 aliphatic carbocycles. The second kappa shape index (κ2) is 7.12. The second-order valence-corrected chi connectivity index (χ2v) is 6.70. The van der Waals surface area contributed by atoms with Crippen molar-refractivity contribution in [2.75, 3.05) is 13.1 Å². The Bertz CT molecular complexity index is 657. The number of carbonyl (C=O) groups excluding carboxylic acids is 1. The van der Waals surface area contributed by atoms with Gasteiger partial charge in [0.15, 0.2) is 0 Å². The molecular formula is C18H18ClNOS. The van der Waals surface area contributed by atoms with E-state index in [0.717, 1.165) is 31.5 Å². The number of halogens is 1. The monoisotopic (exact) mass is 331 g/mol. The maximum absolute atomic E-state index is 12.3. The highest BCUT2D eigenvalue weighted by Gasteiger charge is 2.22. The van der Waals surface area contributed by atoms with E-state index in [1.165, 1.54) is 5.56 Å². The van der Waals surface area contributed by atoms with Crippen LogP contribution < -0.4 is 0 Å². The van der Waals surface area contributed by atoms with Gasteiger partial charge < -0.3 is 4.90 Å². The van der Waals surface area contributed by atoms with E-state index in [0.29, 0.717) is 10.9 Å². The number of hydrogen-bond acceptors (Lipinski definition) is 2. The number of rotatable bonds is 3. The van der Waals surface area contributed by atoms with Crippen LogP contribution >= 0.6 is 22.9 Å². The van der Waals surface area contributed by atoms with Gasteiger partial charge in [0.2, 0.25) is 5.91 Å². The summed E-state index contributed by atoms with van der Waals surface area (Å²) in [7, 11) is 0. The summed E-state index contributed by atoms with van der Waals surface area (Å²) in [6.07, 6.45) is 5.52. The molecule has 1 aliphatic heterocycles. The first kappa shape index (κ1) is 15.3. The minimum absolute atomic E-state index is 0.0729. The van der Waals surface area contributed by atoms with Crippen molar-refractivity contribution in [2.45, 2.75) is 18.8 Å². The summed E-state index contributed by atoms with van der Waals surface area (Å²) in [6, 6.07) is 9.75. The van der Waals surface area contributed by atoms with Crippen molar-refractivity contribution in [3.63, 3.8) is 0 Å². The smallest absolute Gasteiger partial charge is 0.246 e. The highest BCUT2D eigenvalue weighted by Crippen LogP contribution is 2.29. The molecular weight excluding hydrogens is 314 g/mol. The normalized spacial score (nSPS) is 16.3. The first-order chi connectivity index (χ1) is 10.7. The molecule has 1 fully saturated rings. The summed E-state index contributed by atoms with van der Waals surface area (Å²) in [5, 5.41) is 5.02. The molecule has 22 heavy (non-hydrogen) atoms. The fraction of sp³-hybridized carbons (Fsp3) is 0.278. The van der Waals surface area contributed by atoms with Crippen LogP contribution in [0.5, 0.6) is 0 Å². The number of thiophene rings is 1. The van der Waals surface area contributed by atoms with Gasteiger partial charge in [-0.05, 0) is 58.9 Å². The minimum atomic E-state index is 0.0729. The molecule has 0 N–H and O–H groups in total. The summed E-state index contributed by atoms with van der Waals surface area (Å²) >= 11 is 7.84.